The number of nitrogens with one attached hydrogen (secondary N) is 1. The van der Waals surface area contributed by atoms with Crippen molar-refractivity contribution < 1.29 is 23.5 Å². The number of ether oxygens (including phenoxy) is 3. The molecule has 7 nitrogen and oxygen atoms in total. The van der Waals surface area contributed by atoms with E-state index in [2.05, 4.69) is 10.5 Å². The number of hydrogen-bond acceptors (Lipinski definition) is 6. The van der Waals surface area contributed by atoms with E-state index in [1.165, 1.54) is 0 Å². The molecule has 7 heteroatoms. The second-order valence-corrected chi connectivity index (χ2v) is 5.79. The quantitative estimate of drug-likeness (QED) is 0.756. The fourth-order valence-corrected chi connectivity index (χ4v) is 2.54. The molecule has 1 amide bonds. The van der Waals surface area contributed by atoms with Crippen molar-refractivity contribution in [1.29, 1.82) is 0 Å². The first-order valence-electron chi connectivity index (χ1n) is 8.03. The van der Waals surface area contributed by atoms with E-state index in [9.17, 15) is 4.79 Å². The lowest BCUT2D eigenvalue weighted by atomic mass is 10.2. The predicted octanol–water partition coefficient (Wildman–Crippen LogP) is 3.54. The molecule has 1 aromatic heterocycles. The molecule has 26 heavy (non-hydrogen) atoms. The first-order chi connectivity index (χ1) is 12.7. The van der Waals surface area contributed by atoms with Crippen molar-refractivity contribution in [3.05, 3.63) is 65.5 Å². The minimum atomic E-state index is -0.348. The molecule has 2 aromatic carbocycles. The first kappa shape index (κ1) is 16.0. The molecular weight excluding hydrogens is 336 g/mol. The minimum Gasteiger partial charge on any atom is -0.489 e. The molecule has 1 aliphatic heterocycles. The summed E-state index contributed by atoms with van der Waals surface area (Å²) in [5.74, 6) is 1.89. The number of aromatic nitrogens is 1. The van der Waals surface area contributed by atoms with E-state index >= 15 is 0 Å². The number of carbonyl (C=O) groups excluding carboxylic acids is 1. The third-order valence-corrected chi connectivity index (χ3v) is 3.79. The Morgan fingerprint density at radius 2 is 2.04 bits per heavy atom. The van der Waals surface area contributed by atoms with Crippen LogP contribution >= 0.6 is 0 Å². The van der Waals surface area contributed by atoms with Crippen molar-refractivity contribution in [2.24, 2.45) is 0 Å². The van der Waals surface area contributed by atoms with Gasteiger partial charge in [0.1, 0.15) is 12.4 Å². The number of hydrogen-bond donors (Lipinski definition) is 1. The van der Waals surface area contributed by atoms with Gasteiger partial charge in [0, 0.05) is 17.8 Å². The largest absolute Gasteiger partial charge is 0.489 e. The molecule has 3 aromatic rings. The van der Waals surface area contributed by atoms with Crippen LogP contribution in [-0.2, 0) is 6.61 Å². The lowest BCUT2D eigenvalue weighted by molar-refractivity contribution is 0.0988. The van der Waals surface area contributed by atoms with Gasteiger partial charge in [0.25, 0.3) is 5.91 Å². The van der Waals surface area contributed by atoms with Gasteiger partial charge in [-0.2, -0.15) is 0 Å². The van der Waals surface area contributed by atoms with Crippen LogP contribution in [0.4, 0.5) is 5.69 Å². The first-order valence-corrected chi connectivity index (χ1v) is 8.03. The summed E-state index contributed by atoms with van der Waals surface area (Å²) in [6, 6.07) is 14.4. The second-order valence-electron chi connectivity index (χ2n) is 5.79. The number of nitrogens with zero attached hydrogens (tertiary/aromatic N) is 1. The van der Waals surface area contributed by atoms with Crippen molar-refractivity contribution in [3.63, 3.8) is 0 Å². The van der Waals surface area contributed by atoms with Gasteiger partial charge in [-0.25, -0.2) is 0 Å². The lowest BCUT2D eigenvalue weighted by Gasteiger charge is -2.09. The van der Waals surface area contributed by atoms with Gasteiger partial charge in [-0.05, 0) is 36.8 Å². The van der Waals surface area contributed by atoms with Gasteiger partial charge in [0.2, 0.25) is 12.6 Å². The molecular formula is C19H16N2O5. The molecule has 0 saturated heterocycles. The topological polar surface area (TPSA) is 82.8 Å². The van der Waals surface area contributed by atoms with Crippen molar-refractivity contribution in [2.75, 3.05) is 12.1 Å². The highest BCUT2D eigenvalue weighted by atomic mass is 16.7. The number of fused-ring (bicyclic) bond motifs is 1. The summed E-state index contributed by atoms with van der Waals surface area (Å²) in [6.07, 6.45) is 0. The Bertz CT molecular complexity index is 951. The SMILES string of the molecule is Cc1cc(C(=O)Nc2cccc(COc3ccc4c(c3)OCO4)c2)on1. The van der Waals surface area contributed by atoms with E-state index in [1.807, 2.05) is 30.3 Å². The third kappa shape index (κ3) is 3.46. The molecule has 4 rings (SSSR count). The van der Waals surface area contributed by atoms with E-state index in [1.54, 1.807) is 25.1 Å². The molecule has 0 atom stereocenters. The molecule has 0 aliphatic carbocycles. The maximum atomic E-state index is 12.1. The van der Waals surface area contributed by atoms with Crippen LogP contribution in [0.25, 0.3) is 0 Å². The van der Waals surface area contributed by atoms with Crippen LogP contribution in [0.2, 0.25) is 0 Å². The summed E-state index contributed by atoms with van der Waals surface area (Å²) >= 11 is 0. The number of rotatable bonds is 5. The normalized spacial score (nSPS) is 12.0. The third-order valence-electron chi connectivity index (χ3n) is 3.79. The molecule has 1 aliphatic rings. The number of aryl methyl sites for hydroxylation is 1. The summed E-state index contributed by atoms with van der Waals surface area (Å²) in [4.78, 5) is 12.1. The summed E-state index contributed by atoms with van der Waals surface area (Å²) in [5.41, 5.74) is 2.21. The average Bonchev–Trinajstić information content (AvgIpc) is 3.28. The van der Waals surface area contributed by atoms with E-state index in [4.69, 9.17) is 18.7 Å². The molecule has 1 N–H and O–H groups in total. The van der Waals surface area contributed by atoms with Crippen molar-refractivity contribution in [3.8, 4) is 17.2 Å². The number of benzene rings is 2. The van der Waals surface area contributed by atoms with E-state index < -0.39 is 0 Å². The number of anilines is 1. The maximum Gasteiger partial charge on any atom is 0.294 e. The highest BCUT2D eigenvalue weighted by molar-refractivity contribution is 6.02. The summed E-state index contributed by atoms with van der Waals surface area (Å²) in [6.45, 7) is 2.34. The number of carbonyl (C=O) groups is 1. The van der Waals surface area contributed by atoms with Crippen molar-refractivity contribution in [1.82, 2.24) is 5.16 Å². The molecule has 0 bridgehead atoms. The fourth-order valence-electron chi connectivity index (χ4n) is 2.54. The van der Waals surface area contributed by atoms with Crippen LogP contribution < -0.4 is 19.5 Å². The Hall–Kier alpha value is -3.48. The smallest absolute Gasteiger partial charge is 0.294 e. The highest BCUT2D eigenvalue weighted by Crippen LogP contribution is 2.35. The average molecular weight is 352 g/mol. The Morgan fingerprint density at radius 1 is 1.15 bits per heavy atom. The van der Waals surface area contributed by atoms with Crippen molar-refractivity contribution in [2.45, 2.75) is 13.5 Å². The highest BCUT2D eigenvalue weighted by Gasteiger charge is 2.14. The van der Waals surface area contributed by atoms with Crippen LogP contribution in [-0.4, -0.2) is 17.9 Å². The van der Waals surface area contributed by atoms with Gasteiger partial charge < -0.3 is 24.1 Å². The van der Waals surface area contributed by atoms with Gasteiger partial charge in [-0.3, -0.25) is 4.79 Å². The monoisotopic (exact) mass is 352 g/mol. The van der Waals surface area contributed by atoms with Crippen LogP contribution in [0, 0.1) is 6.92 Å². The van der Waals surface area contributed by atoms with Crippen LogP contribution in [0.15, 0.2) is 53.1 Å². The van der Waals surface area contributed by atoms with Gasteiger partial charge in [0.15, 0.2) is 11.5 Å². The van der Waals surface area contributed by atoms with E-state index in [0.717, 1.165) is 5.56 Å². The maximum absolute atomic E-state index is 12.1. The molecule has 2 heterocycles. The zero-order valence-corrected chi connectivity index (χ0v) is 14.0. The summed E-state index contributed by atoms with van der Waals surface area (Å²) in [7, 11) is 0. The van der Waals surface area contributed by atoms with Gasteiger partial charge >= 0.3 is 0 Å². The van der Waals surface area contributed by atoms with Crippen LogP contribution in [0.5, 0.6) is 17.2 Å². The summed E-state index contributed by atoms with van der Waals surface area (Å²) < 4.78 is 21.4. The van der Waals surface area contributed by atoms with Gasteiger partial charge in [-0.1, -0.05) is 17.3 Å². The Labute approximate surface area is 149 Å². The summed E-state index contributed by atoms with van der Waals surface area (Å²) in [5, 5.41) is 6.49. The minimum absolute atomic E-state index is 0.171. The van der Waals surface area contributed by atoms with Crippen LogP contribution in [0.1, 0.15) is 21.8 Å². The Morgan fingerprint density at radius 3 is 2.88 bits per heavy atom. The molecule has 0 radical (unpaired) electrons. The van der Waals surface area contributed by atoms with Gasteiger partial charge in [-0.15, -0.1) is 0 Å². The van der Waals surface area contributed by atoms with Crippen LogP contribution in [0.3, 0.4) is 0 Å². The molecule has 0 fully saturated rings. The number of amides is 1. The Balaban J connectivity index is 1.40. The fraction of sp³-hybridized carbons (Fsp3) is 0.158. The zero-order chi connectivity index (χ0) is 17.9. The lowest BCUT2D eigenvalue weighted by Crippen LogP contribution is -2.11. The molecule has 0 saturated carbocycles. The van der Waals surface area contributed by atoms with Gasteiger partial charge in [0.05, 0.1) is 5.69 Å². The molecule has 0 unspecified atom stereocenters. The molecule has 132 valence electrons. The molecule has 0 spiro atoms. The zero-order valence-electron chi connectivity index (χ0n) is 14.0. The second kappa shape index (κ2) is 6.79. The predicted molar refractivity (Wildman–Crippen MR) is 92.5 cm³/mol. The van der Waals surface area contributed by atoms with Crippen molar-refractivity contribution >= 4 is 11.6 Å². The Kier molecular flexibility index (Phi) is 4.18. The standard InChI is InChI=1S/C19H16N2O5/c1-12-7-18(26-21-12)19(22)20-14-4-2-3-13(8-14)10-23-15-5-6-16-17(9-15)25-11-24-16/h2-9H,10-11H2,1H3,(H,20,22). The van der Waals surface area contributed by atoms with E-state index in [0.29, 0.717) is 35.2 Å². The van der Waals surface area contributed by atoms with E-state index in [-0.39, 0.29) is 18.5 Å².